The van der Waals surface area contributed by atoms with E-state index >= 15 is 0 Å². The van der Waals surface area contributed by atoms with Gasteiger partial charge in [-0.1, -0.05) is 51.1 Å². The molecule has 2 aliphatic heterocycles. The number of carbonyl (C=O) groups is 3. The summed E-state index contributed by atoms with van der Waals surface area (Å²) in [5.41, 5.74) is -0.183. The van der Waals surface area contributed by atoms with Crippen LogP contribution in [0.15, 0.2) is 30.3 Å². The molecule has 2 aliphatic rings. The van der Waals surface area contributed by atoms with Gasteiger partial charge in [0.15, 0.2) is 0 Å². The van der Waals surface area contributed by atoms with Gasteiger partial charge in [0, 0.05) is 25.0 Å². The molecule has 1 spiro atoms. The third kappa shape index (κ3) is 3.45. The van der Waals surface area contributed by atoms with Crippen LogP contribution in [0.4, 0.5) is 4.79 Å². The molecule has 0 atom stereocenters. The van der Waals surface area contributed by atoms with E-state index in [9.17, 15) is 14.4 Å². The zero-order valence-corrected chi connectivity index (χ0v) is 15.7. The minimum Gasteiger partial charge on any atom is -0.342 e. The summed E-state index contributed by atoms with van der Waals surface area (Å²) in [6.07, 6.45) is 1.59. The summed E-state index contributed by atoms with van der Waals surface area (Å²) in [6, 6.07) is 9.51. The van der Waals surface area contributed by atoms with E-state index in [1.807, 2.05) is 51.1 Å². The lowest BCUT2D eigenvalue weighted by Crippen LogP contribution is -2.57. The van der Waals surface area contributed by atoms with Crippen molar-refractivity contribution in [2.75, 3.05) is 19.6 Å². The first-order valence-corrected chi connectivity index (χ1v) is 9.20. The minimum atomic E-state index is -0.845. The zero-order valence-electron chi connectivity index (χ0n) is 15.7. The number of nitrogens with one attached hydrogen (secondary N) is 1. The molecule has 0 aromatic heterocycles. The monoisotopic (exact) mass is 357 g/mol. The Labute approximate surface area is 154 Å². The van der Waals surface area contributed by atoms with Gasteiger partial charge >= 0.3 is 6.03 Å². The van der Waals surface area contributed by atoms with Crippen molar-refractivity contribution in [3.63, 3.8) is 0 Å². The molecule has 6 nitrogen and oxygen atoms in total. The molecule has 2 heterocycles. The van der Waals surface area contributed by atoms with Crippen LogP contribution in [0, 0.1) is 5.41 Å². The lowest BCUT2D eigenvalue weighted by atomic mass is 9.85. The molecule has 0 radical (unpaired) electrons. The number of nitrogens with zero attached hydrogens (tertiary/aromatic N) is 2. The second kappa shape index (κ2) is 6.74. The molecule has 2 fully saturated rings. The second-order valence-corrected chi connectivity index (χ2v) is 8.25. The van der Waals surface area contributed by atoms with Gasteiger partial charge in [-0.15, -0.1) is 0 Å². The Morgan fingerprint density at radius 1 is 1.12 bits per heavy atom. The molecule has 3 rings (SSSR count). The summed E-state index contributed by atoms with van der Waals surface area (Å²) in [4.78, 5) is 40.9. The highest BCUT2D eigenvalue weighted by Gasteiger charge is 2.52. The van der Waals surface area contributed by atoms with Crippen molar-refractivity contribution in [2.45, 2.75) is 45.6 Å². The van der Waals surface area contributed by atoms with Gasteiger partial charge < -0.3 is 10.2 Å². The first-order valence-electron chi connectivity index (χ1n) is 9.20. The molecule has 0 saturated carbocycles. The quantitative estimate of drug-likeness (QED) is 0.843. The van der Waals surface area contributed by atoms with Gasteiger partial charge in [-0.25, -0.2) is 4.79 Å². The third-order valence-electron chi connectivity index (χ3n) is 5.26. The van der Waals surface area contributed by atoms with Crippen LogP contribution in [0.1, 0.15) is 39.2 Å². The fourth-order valence-electron chi connectivity index (χ4n) is 3.67. The van der Waals surface area contributed by atoms with Crippen molar-refractivity contribution in [2.24, 2.45) is 5.41 Å². The number of rotatable bonds is 3. The van der Waals surface area contributed by atoms with Crippen molar-refractivity contribution >= 4 is 17.8 Å². The van der Waals surface area contributed by atoms with E-state index < -0.39 is 11.0 Å². The molecule has 4 amide bonds. The Morgan fingerprint density at radius 3 is 2.31 bits per heavy atom. The molecule has 2 saturated heterocycles. The SMILES string of the molecule is CC(C)(C)C(=O)N1CCC2(CC1)NC(=O)N(CCc1ccccc1)C2=O. The molecule has 140 valence electrons. The van der Waals surface area contributed by atoms with Gasteiger partial charge in [0.2, 0.25) is 5.91 Å². The number of benzene rings is 1. The molecule has 0 unspecified atom stereocenters. The van der Waals surface area contributed by atoms with Gasteiger partial charge in [-0.05, 0) is 24.8 Å². The second-order valence-electron chi connectivity index (χ2n) is 8.25. The summed E-state index contributed by atoms with van der Waals surface area (Å²) < 4.78 is 0. The van der Waals surface area contributed by atoms with Crippen LogP contribution in [0.2, 0.25) is 0 Å². The fourth-order valence-corrected chi connectivity index (χ4v) is 3.67. The predicted molar refractivity (Wildman–Crippen MR) is 98.4 cm³/mol. The smallest absolute Gasteiger partial charge is 0.325 e. The topological polar surface area (TPSA) is 69.7 Å². The van der Waals surface area contributed by atoms with E-state index in [0.29, 0.717) is 38.9 Å². The summed E-state index contributed by atoms with van der Waals surface area (Å²) in [5.74, 6) is -0.0636. The van der Waals surface area contributed by atoms with Crippen molar-refractivity contribution < 1.29 is 14.4 Å². The first-order chi connectivity index (χ1) is 12.2. The standard InChI is InChI=1S/C20H27N3O3/c1-19(2,3)16(24)22-13-10-20(11-14-22)17(25)23(18(26)21-20)12-9-15-7-5-4-6-8-15/h4-8H,9-14H2,1-3H3,(H,21,26). The van der Waals surface area contributed by atoms with Crippen molar-refractivity contribution in [1.29, 1.82) is 0 Å². The normalized spacial score (nSPS) is 19.8. The fraction of sp³-hybridized carbons (Fsp3) is 0.550. The maximum absolute atomic E-state index is 12.9. The number of urea groups is 1. The van der Waals surface area contributed by atoms with E-state index in [4.69, 9.17) is 0 Å². The average molecular weight is 357 g/mol. The Morgan fingerprint density at radius 2 is 1.73 bits per heavy atom. The van der Waals surface area contributed by atoms with Crippen LogP contribution in [0.25, 0.3) is 0 Å². The Kier molecular flexibility index (Phi) is 4.78. The number of carbonyl (C=O) groups excluding carboxylic acids is 3. The zero-order chi connectivity index (χ0) is 18.9. The molecule has 1 aromatic rings. The number of hydrogen-bond donors (Lipinski definition) is 1. The Balaban J connectivity index is 1.63. The third-order valence-corrected chi connectivity index (χ3v) is 5.26. The maximum Gasteiger partial charge on any atom is 0.325 e. The molecule has 0 bridgehead atoms. The number of likely N-dealkylation sites (tertiary alicyclic amines) is 1. The molecule has 1 N–H and O–H groups in total. The van der Waals surface area contributed by atoms with Crippen LogP contribution in [-0.4, -0.2) is 52.8 Å². The van der Waals surface area contributed by atoms with E-state index in [1.54, 1.807) is 4.90 Å². The van der Waals surface area contributed by atoms with Crippen LogP contribution in [0.3, 0.4) is 0 Å². The van der Waals surface area contributed by atoms with Gasteiger partial charge in [0.25, 0.3) is 5.91 Å². The highest BCUT2D eigenvalue weighted by atomic mass is 16.2. The Bertz CT molecular complexity index is 701. The highest BCUT2D eigenvalue weighted by molar-refractivity contribution is 6.07. The van der Waals surface area contributed by atoms with Gasteiger partial charge in [-0.3, -0.25) is 14.5 Å². The van der Waals surface area contributed by atoms with Crippen LogP contribution >= 0.6 is 0 Å². The maximum atomic E-state index is 12.9. The lowest BCUT2D eigenvalue weighted by Gasteiger charge is -2.39. The van der Waals surface area contributed by atoms with Crippen molar-refractivity contribution in [3.05, 3.63) is 35.9 Å². The van der Waals surface area contributed by atoms with Crippen molar-refractivity contribution in [1.82, 2.24) is 15.1 Å². The molecule has 1 aromatic carbocycles. The molecular weight excluding hydrogens is 330 g/mol. The number of amides is 4. The molecule has 0 aliphatic carbocycles. The molecule has 26 heavy (non-hydrogen) atoms. The van der Waals surface area contributed by atoms with E-state index in [2.05, 4.69) is 5.32 Å². The van der Waals surface area contributed by atoms with E-state index in [0.717, 1.165) is 5.56 Å². The van der Waals surface area contributed by atoms with E-state index in [-0.39, 0.29) is 17.8 Å². The molecule has 6 heteroatoms. The molecular formula is C20H27N3O3. The predicted octanol–water partition coefficient (Wildman–Crippen LogP) is 2.19. The van der Waals surface area contributed by atoms with Gasteiger partial charge in [0.05, 0.1) is 0 Å². The number of imide groups is 1. The summed E-state index contributed by atoms with van der Waals surface area (Å²) >= 11 is 0. The average Bonchev–Trinajstić information content (AvgIpc) is 2.83. The lowest BCUT2D eigenvalue weighted by molar-refractivity contribution is -0.144. The summed E-state index contributed by atoms with van der Waals surface area (Å²) in [6.45, 7) is 7.05. The minimum absolute atomic E-state index is 0.0880. The summed E-state index contributed by atoms with van der Waals surface area (Å²) in [5, 5.41) is 2.90. The van der Waals surface area contributed by atoms with Crippen LogP contribution < -0.4 is 5.32 Å². The number of hydrogen-bond acceptors (Lipinski definition) is 3. The summed E-state index contributed by atoms with van der Waals surface area (Å²) in [7, 11) is 0. The van der Waals surface area contributed by atoms with Crippen molar-refractivity contribution in [3.8, 4) is 0 Å². The van der Waals surface area contributed by atoms with Gasteiger partial charge in [-0.2, -0.15) is 0 Å². The number of piperidine rings is 1. The highest BCUT2D eigenvalue weighted by Crippen LogP contribution is 2.31. The van der Waals surface area contributed by atoms with Crippen LogP contribution in [-0.2, 0) is 16.0 Å². The van der Waals surface area contributed by atoms with Gasteiger partial charge in [0.1, 0.15) is 5.54 Å². The largest absolute Gasteiger partial charge is 0.342 e. The van der Waals surface area contributed by atoms with Crippen LogP contribution in [0.5, 0.6) is 0 Å². The van der Waals surface area contributed by atoms with E-state index in [1.165, 1.54) is 4.90 Å². The first kappa shape index (κ1) is 18.4. The Hall–Kier alpha value is -2.37.